The molecule has 1 aliphatic heterocycles. The maximum Gasteiger partial charge on any atom is 0.222 e. The minimum atomic E-state index is -0.264. The number of primary amides is 1. The maximum atomic E-state index is 11.2. The van der Waals surface area contributed by atoms with Crippen molar-refractivity contribution < 1.29 is 9.53 Å². The van der Waals surface area contributed by atoms with Gasteiger partial charge in [0.2, 0.25) is 11.7 Å². The van der Waals surface area contributed by atoms with Crippen molar-refractivity contribution in [3.8, 4) is 5.75 Å². The Labute approximate surface area is 105 Å². The molecule has 7 nitrogen and oxygen atoms in total. The molecule has 0 aromatic carbocycles. The Morgan fingerprint density at radius 3 is 2.94 bits per heavy atom. The Balaban J connectivity index is 2.26. The van der Waals surface area contributed by atoms with E-state index in [-0.39, 0.29) is 11.8 Å². The van der Waals surface area contributed by atoms with Crippen LogP contribution in [0.4, 0.5) is 11.6 Å². The predicted molar refractivity (Wildman–Crippen MR) is 67.6 cm³/mol. The zero-order chi connectivity index (χ0) is 13.1. The van der Waals surface area contributed by atoms with E-state index in [2.05, 4.69) is 15.3 Å². The molecule has 0 radical (unpaired) electrons. The van der Waals surface area contributed by atoms with Crippen LogP contribution in [0.15, 0.2) is 6.33 Å². The van der Waals surface area contributed by atoms with Crippen LogP contribution in [0.25, 0.3) is 0 Å². The molecule has 1 unspecified atom stereocenters. The van der Waals surface area contributed by atoms with Crippen molar-refractivity contribution in [3.63, 3.8) is 0 Å². The van der Waals surface area contributed by atoms with Crippen LogP contribution in [0.2, 0.25) is 0 Å². The molecule has 1 aliphatic rings. The molecular formula is C11H17N5O2. The van der Waals surface area contributed by atoms with Crippen LogP contribution in [-0.2, 0) is 4.79 Å². The number of methoxy groups -OCH3 is 1. The number of carbonyl (C=O) groups excluding carboxylic acids is 1. The second kappa shape index (κ2) is 5.07. The van der Waals surface area contributed by atoms with E-state index in [0.717, 1.165) is 13.0 Å². The highest BCUT2D eigenvalue weighted by Gasteiger charge is 2.29. The topological polar surface area (TPSA) is 93.4 Å². The average molecular weight is 251 g/mol. The number of hydrogen-bond donors (Lipinski definition) is 2. The van der Waals surface area contributed by atoms with Gasteiger partial charge in [0.25, 0.3) is 0 Å². The fourth-order valence-electron chi connectivity index (χ4n) is 2.14. The number of rotatable bonds is 4. The number of nitrogens with zero attached hydrogens (tertiary/aromatic N) is 3. The molecule has 18 heavy (non-hydrogen) atoms. The molecule has 3 N–H and O–H groups in total. The van der Waals surface area contributed by atoms with Crippen molar-refractivity contribution in [2.24, 2.45) is 11.7 Å². The molecule has 7 heteroatoms. The summed E-state index contributed by atoms with van der Waals surface area (Å²) < 4.78 is 5.33. The summed E-state index contributed by atoms with van der Waals surface area (Å²) in [5.41, 5.74) is 5.32. The molecule has 1 atom stereocenters. The predicted octanol–water partition coefficient (Wildman–Crippen LogP) is -0.161. The number of ether oxygens (including phenoxy) is 1. The summed E-state index contributed by atoms with van der Waals surface area (Å²) in [4.78, 5) is 21.5. The molecular weight excluding hydrogens is 234 g/mol. The van der Waals surface area contributed by atoms with Crippen LogP contribution in [0.5, 0.6) is 5.75 Å². The lowest BCUT2D eigenvalue weighted by atomic mass is 10.1. The Bertz CT molecular complexity index is 451. The maximum absolute atomic E-state index is 11.2. The van der Waals surface area contributed by atoms with Gasteiger partial charge in [0, 0.05) is 20.1 Å². The summed E-state index contributed by atoms with van der Waals surface area (Å²) in [6.45, 7) is 1.32. The van der Waals surface area contributed by atoms with E-state index < -0.39 is 0 Å². The van der Waals surface area contributed by atoms with Gasteiger partial charge in [-0.3, -0.25) is 4.79 Å². The first-order valence-corrected chi connectivity index (χ1v) is 5.78. The third-order valence-electron chi connectivity index (χ3n) is 3.12. The zero-order valence-electron chi connectivity index (χ0n) is 10.5. The van der Waals surface area contributed by atoms with Crippen molar-refractivity contribution in [3.05, 3.63) is 6.33 Å². The lowest BCUT2D eigenvalue weighted by molar-refractivity contribution is -0.121. The van der Waals surface area contributed by atoms with Crippen molar-refractivity contribution >= 4 is 17.5 Å². The monoisotopic (exact) mass is 251 g/mol. The quantitative estimate of drug-likeness (QED) is 0.772. The minimum Gasteiger partial charge on any atom is -0.490 e. The number of aromatic nitrogens is 2. The van der Waals surface area contributed by atoms with Crippen LogP contribution in [0.3, 0.4) is 0 Å². The molecule has 98 valence electrons. The summed E-state index contributed by atoms with van der Waals surface area (Å²) in [5.74, 6) is 1.53. The van der Waals surface area contributed by atoms with Crippen LogP contribution in [0, 0.1) is 5.92 Å². The largest absolute Gasteiger partial charge is 0.490 e. The molecule has 2 rings (SSSR count). The smallest absolute Gasteiger partial charge is 0.222 e. The highest BCUT2D eigenvalue weighted by atomic mass is 16.5. The lowest BCUT2D eigenvalue weighted by Crippen LogP contribution is -2.28. The molecule has 1 aromatic heterocycles. The molecule has 0 bridgehead atoms. The second-order valence-electron chi connectivity index (χ2n) is 4.16. The SMILES string of the molecule is CNc1ncnc(N2CCC(C(N)=O)C2)c1OC. The van der Waals surface area contributed by atoms with Crippen LogP contribution >= 0.6 is 0 Å². The Hall–Kier alpha value is -2.05. The van der Waals surface area contributed by atoms with E-state index in [1.807, 2.05) is 4.90 Å². The average Bonchev–Trinajstić information content (AvgIpc) is 2.87. The Morgan fingerprint density at radius 2 is 2.39 bits per heavy atom. The summed E-state index contributed by atoms with van der Waals surface area (Å²) in [6.07, 6.45) is 2.22. The highest BCUT2D eigenvalue weighted by molar-refractivity contribution is 5.78. The number of carbonyl (C=O) groups is 1. The first-order valence-electron chi connectivity index (χ1n) is 5.78. The number of anilines is 2. The second-order valence-corrected chi connectivity index (χ2v) is 4.16. The van der Waals surface area contributed by atoms with E-state index in [1.54, 1.807) is 14.2 Å². The number of nitrogens with one attached hydrogen (secondary N) is 1. The third kappa shape index (κ3) is 2.15. The van der Waals surface area contributed by atoms with Gasteiger partial charge in [0.05, 0.1) is 13.0 Å². The Kier molecular flexibility index (Phi) is 3.50. The number of nitrogens with two attached hydrogens (primary N) is 1. The van der Waals surface area contributed by atoms with E-state index in [4.69, 9.17) is 10.5 Å². The highest BCUT2D eigenvalue weighted by Crippen LogP contribution is 2.34. The van der Waals surface area contributed by atoms with Gasteiger partial charge >= 0.3 is 0 Å². The summed E-state index contributed by atoms with van der Waals surface area (Å²) in [5, 5.41) is 2.95. The molecule has 0 aliphatic carbocycles. The van der Waals surface area contributed by atoms with Gasteiger partial charge in [0.15, 0.2) is 11.6 Å². The Morgan fingerprint density at radius 1 is 1.61 bits per heavy atom. The lowest BCUT2D eigenvalue weighted by Gasteiger charge is -2.20. The van der Waals surface area contributed by atoms with Gasteiger partial charge in [0.1, 0.15) is 6.33 Å². The van der Waals surface area contributed by atoms with E-state index >= 15 is 0 Å². The normalized spacial score (nSPS) is 18.8. The van der Waals surface area contributed by atoms with Gasteiger partial charge in [-0.15, -0.1) is 0 Å². The molecule has 0 saturated carbocycles. The summed E-state index contributed by atoms with van der Waals surface area (Å²) in [6, 6.07) is 0. The molecule has 1 saturated heterocycles. The minimum absolute atomic E-state index is 0.122. The van der Waals surface area contributed by atoms with Crippen LogP contribution < -0.4 is 20.7 Å². The van der Waals surface area contributed by atoms with Crippen LogP contribution in [0.1, 0.15) is 6.42 Å². The fourth-order valence-corrected chi connectivity index (χ4v) is 2.14. The van der Waals surface area contributed by atoms with Crippen molar-refractivity contribution in [2.75, 3.05) is 37.5 Å². The standard InChI is InChI=1S/C11H17N5O2/c1-13-10-8(18-2)11(15-6-14-10)16-4-3-7(5-16)9(12)17/h6-7H,3-5H2,1-2H3,(H2,12,17)(H,13,14,15). The summed E-state index contributed by atoms with van der Waals surface area (Å²) >= 11 is 0. The van der Waals surface area contributed by atoms with E-state index in [9.17, 15) is 4.79 Å². The fraction of sp³-hybridized carbons (Fsp3) is 0.545. The number of amides is 1. The molecule has 1 fully saturated rings. The van der Waals surface area contributed by atoms with Crippen molar-refractivity contribution in [1.82, 2.24) is 9.97 Å². The van der Waals surface area contributed by atoms with E-state index in [1.165, 1.54) is 6.33 Å². The van der Waals surface area contributed by atoms with Gasteiger partial charge in [-0.25, -0.2) is 9.97 Å². The molecule has 1 aromatic rings. The van der Waals surface area contributed by atoms with Crippen molar-refractivity contribution in [1.29, 1.82) is 0 Å². The summed E-state index contributed by atoms with van der Waals surface area (Å²) in [7, 11) is 3.34. The zero-order valence-corrected chi connectivity index (χ0v) is 10.5. The third-order valence-corrected chi connectivity index (χ3v) is 3.12. The first kappa shape index (κ1) is 12.4. The van der Waals surface area contributed by atoms with Gasteiger partial charge < -0.3 is 20.7 Å². The van der Waals surface area contributed by atoms with Gasteiger partial charge in [-0.1, -0.05) is 0 Å². The van der Waals surface area contributed by atoms with Crippen LogP contribution in [-0.4, -0.2) is 43.1 Å². The van der Waals surface area contributed by atoms with Gasteiger partial charge in [-0.2, -0.15) is 0 Å². The number of hydrogen-bond acceptors (Lipinski definition) is 6. The van der Waals surface area contributed by atoms with E-state index in [0.29, 0.717) is 23.9 Å². The van der Waals surface area contributed by atoms with Gasteiger partial charge in [-0.05, 0) is 6.42 Å². The molecule has 2 heterocycles. The molecule has 1 amide bonds. The first-order chi connectivity index (χ1) is 8.67. The molecule has 0 spiro atoms. The van der Waals surface area contributed by atoms with Crippen molar-refractivity contribution in [2.45, 2.75) is 6.42 Å².